The number of amides is 1. The number of hydrogen-bond donors (Lipinski definition) is 1. The summed E-state index contributed by atoms with van der Waals surface area (Å²) >= 11 is 0. The van der Waals surface area contributed by atoms with Crippen LogP contribution in [0.15, 0.2) is 64.1 Å². The summed E-state index contributed by atoms with van der Waals surface area (Å²) in [6, 6.07) is 14.7. The Morgan fingerprint density at radius 2 is 2.00 bits per heavy atom. The first-order valence-electron chi connectivity index (χ1n) is 8.31. The number of benzene rings is 2. The Morgan fingerprint density at radius 3 is 2.75 bits per heavy atom. The molecule has 0 fully saturated rings. The first-order valence-corrected chi connectivity index (χ1v) is 8.31. The zero-order valence-corrected chi connectivity index (χ0v) is 15.2. The molecule has 0 aliphatic rings. The largest absolute Gasteiger partial charge is 0.496 e. The second-order valence-electron chi connectivity index (χ2n) is 5.86. The first-order chi connectivity index (χ1) is 13.5. The molecular weight excluding hydrogens is 362 g/mol. The van der Waals surface area contributed by atoms with E-state index in [0.717, 1.165) is 5.56 Å². The highest BCUT2D eigenvalue weighted by Gasteiger charge is 2.13. The van der Waals surface area contributed by atoms with Gasteiger partial charge in [-0.2, -0.15) is 5.10 Å². The van der Waals surface area contributed by atoms with Gasteiger partial charge >= 0.3 is 0 Å². The average molecular weight is 379 g/mol. The zero-order chi connectivity index (χ0) is 20.1. The molecule has 2 aromatic carbocycles. The lowest BCUT2D eigenvalue weighted by Crippen LogP contribution is -2.18. The van der Waals surface area contributed by atoms with Gasteiger partial charge in [-0.05, 0) is 36.8 Å². The van der Waals surface area contributed by atoms with Crippen LogP contribution < -0.4 is 10.2 Å². The number of methoxy groups -OCH3 is 1. The Labute approximate surface area is 160 Å². The molecule has 8 heteroatoms. The highest BCUT2D eigenvalue weighted by Crippen LogP contribution is 2.28. The summed E-state index contributed by atoms with van der Waals surface area (Å²) in [6.07, 6.45) is 1.35. The lowest BCUT2D eigenvalue weighted by molar-refractivity contribution is -0.384. The molecule has 1 amide bonds. The van der Waals surface area contributed by atoms with Crippen molar-refractivity contribution in [1.29, 1.82) is 0 Å². The minimum atomic E-state index is -0.457. The Bertz CT molecular complexity index is 1060. The summed E-state index contributed by atoms with van der Waals surface area (Å²) < 4.78 is 10.8. The van der Waals surface area contributed by atoms with Gasteiger partial charge in [-0.25, -0.2) is 5.43 Å². The molecule has 0 aliphatic carbocycles. The van der Waals surface area contributed by atoms with E-state index in [1.165, 1.54) is 25.5 Å². The number of nitrogens with zero attached hydrogens (tertiary/aromatic N) is 2. The molecular formula is C20H17N3O5. The standard InChI is InChI=1S/C20H17N3O5/c1-13-7-8-14(23(25)26)11-17(13)19-10-9-15(28-19)12-21-22-20(24)16-5-3-4-6-18(16)27-2/h3-12H,1-2H3,(H,22,24)/b21-12-. The molecule has 142 valence electrons. The van der Waals surface area contributed by atoms with Crippen LogP contribution in [0.5, 0.6) is 5.75 Å². The van der Waals surface area contributed by atoms with Crippen LogP contribution in [-0.4, -0.2) is 24.2 Å². The number of aryl methyl sites for hydroxylation is 1. The van der Waals surface area contributed by atoms with Crippen LogP contribution in [0.1, 0.15) is 21.7 Å². The van der Waals surface area contributed by atoms with Crippen molar-refractivity contribution in [3.05, 3.63) is 81.6 Å². The number of nitrogens with one attached hydrogen (secondary N) is 1. The predicted octanol–water partition coefficient (Wildman–Crippen LogP) is 3.94. The quantitative estimate of drug-likeness (QED) is 0.397. The highest BCUT2D eigenvalue weighted by molar-refractivity contribution is 5.97. The minimum Gasteiger partial charge on any atom is -0.496 e. The second-order valence-corrected chi connectivity index (χ2v) is 5.86. The van der Waals surface area contributed by atoms with Gasteiger partial charge in [0.15, 0.2) is 0 Å². The summed E-state index contributed by atoms with van der Waals surface area (Å²) in [6.45, 7) is 1.84. The number of para-hydroxylation sites is 1. The molecule has 3 rings (SSSR count). The lowest BCUT2D eigenvalue weighted by Gasteiger charge is -2.05. The first kappa shape index (κ1) is 18.8. The van der Waals surface area contributed by atoms with E-state index in [2.05, 4.69) is 10.5 Å². The number of hydrogen-bond acceptors (Lipinski definition) is 6. The SMILES string of the molecule is COc1ccccc1C(=O)N/N=C\c1ccc(-c2cc([N+](=O)[O-])ccc2C)o1. The van der Waals surface area contributed by atoms with Crippen LogP contribution in [0.4, 0.5) is 5.69 Å². The van der Waals surface area contributed by atoms with Gasteiger partial charge in [0, 0.05) is 17.7 Å². The Morgan fingerprint density at radius 1 is 1.21 bits per heavy atom. The van der Waals surface area contributed by atoms with Gasteiger partial charge in [0.05, 0.1) is 23.8 Å². The third-order valence-electron chi connectivity index (χ3n) is 4.03. The number of carbonyl (C=O) groups excluding carboxylic acids is 1. The predicted molar refractivity (Wildman–Crippen MR) is 104 cm³/mol. The van der Waals surface area contributed by atoms with Gasteiger partial charge in [0.2, 0.25) is 0 Å². The van der Waals surface area contributed by atoms with E-state index < -0.39 is 10.8 Å². The van der Waals surface area contributed by atoms with E-state index in [4.69, 9.17) is 9.15 Å². The van der Waals surface area contributed by atoms with Crippen LogP contribution in [-0.2, 0) is 0 Å². The van der Waals surface area contributed by atoms with E-state index in [9.17, 15) is 14.9 Å². The maximum atomic E-state index is 12.2. The molecule has 28 heavy (non-hydrogen) atoms. The number of ether oxygens (including phenoxy) is 1. The Balaban J connectivity index is 1.74. The molecule has 0 bridgehead atoms. The molecule has 1 aromatic heterocycles. The summed E-state index contributed by atoms with van der Waals surface area (Å²) in [5, 5.41) is 14.9. The average Bonchev–Trinajstić information content (AvgIpc) is 3.16. The molecule has 1 N–H and O–H groups in total. The molecule has 0 atom stereocenters. The molecule has 0 unspecified atom stereocenters. The van der Waals surface area contributed by atoms with Crippen LogP contribution in [0.3, 0.4) is 0 Å². The van der Waals surface area contributed by atoms with Gasteiger partial charge in [-0.1, -0.05) is 18.2 Å². The van der Waals surface area contributed by atoms with E-state index in [1.807, 2.05) is 6.92 Å². The van der Waals surface area contributed by atoms with Crippen molar-refractivity contribution in [1.82, 2.24) is 5.43 Å². The number of non-ortho nitro benzene ring substituents is 1. The molecule has 0 aliphatic heterocycles. The van der Waals surface area contributed by atoms with Crippen molar-refractivity contribution in [3.63, 3.8) is 0 Å². The summed E-state index contributed by atoms with van der Waals surface area (Å²) in [5.41, 5.74) is 4.20. The van der Waals surface area contributed by atoms with Gasteiger partial charge in [0.25, 0.3) is 11.6 Å². The molecule has 0 radical (unpaired) electrons. The molecule has 0 saturated carbocycles. The van der Waals surface area contributed by atoms with E-state index in [-0.39, 0.29) is 5.69 Å². The molecule has 8 nitrogen and oxygen atoms in total. The molecule has 3 aromatic rings. The van der Waals surface area contributed by atoms with Crippen molar-refractivity contribution in [3.8, 4) is 17.1 Å². The number of rotatable bonds is 6. The smallest absolute Gasteiger partial charge is 0.275 e. The van der Waals surface area contributed by atoms with E-state index >= 15 is 0 Å². The van der Waals surface area contributed by atoms with Crippen molar-refractivity contribution in [2.45, 2.75) is 6.92 Å². The van der Waals surface area contributed by atoms with Crippen molar-refractivity contribution in [2.24, 2.45) is 5.10 Å². The molecule has 1 heterocycles. The zero-order valence-electron chi connectivity index (χ0n) is 15.2. The number of furan rings is 1. The highest BCUT2D eigenvalue weighted by atomic mass is 16.6. The fourth-order valence-electron chi connectivity index (χ4n) is 2.60. The maximum Gasteiger partial charge on any atom is 0.275 e. The normalized spacial score (nSPS) is 10.8. The minimum absolute atomic E-state index is 0.0173. The number of nitro benzene ring substituents is 1. The summed E-state index contributed by atoms with van der Waals surface area (Å²) in [4.78, 5) is 22.7. The van der Waals surface area contributed by atoms with Crippen LogP contribution in [0.25, 0.3) is 11.3 Å². The molecule has 0 saturated heterocycles. The number of carbonyl (C=O) groups is 1. The monoisotopic (exact) mass is 379 g/mol. The van der Waals surface area contributed by atoms with E-state index in [0.29, 0.717) is 28.4 Å². The third kappa shape index (κ3) is 4.07. The Hall–Kier alpha value is -3.94. The van der Waals surface area contributed by atoms with Gasteiger partial charge in [0.1, 0.15) is 17.3 Å². The second kappa shape index (κ2) is 8.17. The number of hydrazone groups is 1. The summed E-state index contributed by atoms with van der Waals surface area (Å²) in [5.74, 6) is 0.881. The lowest BCUT2D eigenvalue weighted by atomic mass is 10.1. The van der Waals surface area contributed by atoms with Gasteiger partial charge < -0.3 is 9.15 Å². The van der Waals surface area contributed by atoms with Crippen molar-refractivity contribution < 1.29 is 18.9 Å². The molecule has 0 spiro atoms. The van der Waals surface area contributed by atoms with Gasteiger partial charge in [-0.15, -0.1) is 0 Å². The van der Waals surface area contributed by atoms with Crippen LogP contribution >= 0.6 is 0 Å². The van der Waals surface area contributed by atoms with Gasteiger partial charge in [-0.3, -0.25) is 14.9 Å². The van der Waals surface area contributed by atoms with Crippen molar-refractivity contribution in [2.75, 3.05) is 7.11 Å². The maximum absolute atomic E-state index is 12.2. The fourth-order valence-corrected chi connectivity index (χ4v) is 2.60. The number of nitro groups is 1. The topological polar surface area (TPSA) is 107 Å². The fraction of sp³-hybridized carbons (Fsp3) is 0.100. The Kier molecular flexibility index (Phi) is 5.50. The third-order valence-corrected chi connectivity index (χ3v) is 4.03. The summed E-state index contributed by atoms with van der Waals surface area (Å²) in [7, 11) is 1.48. The van der Waals surface area contributed by atoms with Crippen LogP contribution in [0, 0.1) is 17.0 Å². The van der Waals surface area contributed by atoms with E-state index in [1.54, 1.807) is 42.5 Å². The van der Waals surface area contributed by atoms with Crippen LogP contribution in [0.2, 0.25) is 0 Å². The van der Waals surface area contributed by atoms with Crippen molar-refractivity contribution >= 4 is 17.8 Å².